The number of hydrogen-bond donors (Lipinski definition) is 0. The zero-order valence-electron chi connectivity index (χ0n) is 16.1. The molecule has 0 bridgehead atoms. The monoisotopic (exact) mass is 389 g/mol. The lowest BCUT2D eigenvalue weighted by molar-refractivity contribution is 0.533. The molecule has 0 radical (unpaired) electrons. The second-order valence-corrected chi connectivity index (χ2v) is 7.90. The first kappa shape index (κ1) is 18.4. The van der Waals surface area contributed by atoms with Crippen LogP contribution in [0.2, 0.25) is 0 Å². The molecule has 0 aliphatic heterocycles. The summed E-state index contributed by atoms with van der Waals surface area (Å²) < 4.78 is 7.65. The van der Waals surface area contributed by atoms with Crippen LogP contribution in [-0.4, -0.2) is 14.5 Å². The smallest absolute Gasteiger partial charge is 0.107 e. The highest BCUT2D eigenvalue weighted by Crippen LogP contribution is 2.24. The predicted octanol–water partition coefficient (Wildman–Crippen LogP) is 5.81. The number of aromatic nitrogens is 3. The molecule has 4 rings (SSSR count). The maximum atomic E-state index is 5.33. The Labute approximate surface area is 169 Å². The maximum absolute atomic E-state index is 5.33. The largest absolute Gasteiger partial charge is 0.469 e. The summed E-state index contributed by atoms with van der Waals surface area (Å²) in [6.07, 6.45) is 12.6. The topological polar surface area (TPSA) is 43.9 Å². The molecule has 5 heteroatoms. The summed E-state index contributed by atoms with van der Waals surface area (Å²) in [5, 5.41) is 3.27. The first-order valence-electron chi connectivity index (χ1n) is 9.39. The van der Waals surface area contributed by atoms with E-state index in [0.29, 0.717) is 5.92 Å². The Hall–Kier alpha value is -2.92. The third-order valence-electron chi connectivity index (χ3n) is 4.85. The van der Waals surface area contributed by atoms with E-state index in [1.54, 1.807) is 17.6 Å². The summed E-state index contributed by atoms with van der Waals surface area (Å²) in [6, 6.07) is 10.4. The normalized spacial score (nSPS) is 12.6. The third-order valence-corrected chi connectivity index (χ3v) is 5.74. The van der Waals surface area contributed by atoms with E-state index in [9.17, 15) is 0 Å². The minimum absolute atomic E-state index is 0.399. The summed E-state index contributed by atoms with van der Waals surface area (Å²) in [4.78, 5) is 8.89. The number of furan rings is 1. The van der Waals surface area contributed by atoms with Crippen molar-refractivity contribution in [3.8, 4) is 0 Å². The maximum Gasteiger partial charge on any atom is 0.107 e. The molecule has 4 nitrogen and oxygen atoms in total. The molecule has 4 aromatic rings. The van der Waals surface area contributed by atoms with Crippen molar-refractivity contribution in [2.75, 3.05) is 0 Å². The molecule has 0 fully saturated rings. The van der Waals surface area contributed by atoms with Crippen LogP contribution in [-0.2, 0) is 13.0 Å². The average molecular weight is 390 g/mol. The quantitative estimate of drug-likeness (QED) is 0.401. The molecule has 0 N–H and O–H groups in total. The van der Waals surface area contributed by atoms with Crippen LogP contribution in [0.5, 0.6) is 0 Å². The van der Waals surface area contributed by atoms with Crippen molar-refractivity contribution in [3.05, 3.63) is 93.8 Å². The SMILES string of the molecule is Cc1occc1/C=C/c1csc(CC(C)c2cccn2Cc2ccncc2)n1. The molecule has 0 aliphatic rings. The van der Waals surface area contributed by atoms with Gasteiger partial charge >= 0.3 is 0 Å². The predicted molar refractivity (Wildman–Crippen MR) is 114 cm³/mol. The van der Waals surface area contributed by atoms with Crippen LogP contribution in [0, 0.1) is 6.92 Å². The van der Waals surface area contributed by atoms with Crippen molar-refractivity contribution >= 4 is 23.5 Å². The van der Waals surface area contributed by atoms with E-state index in [1.165, 1.54) is 11.3 Å². The lowest BCUT2D eigenvalue weighted by Crippen LogP contribution is -2.08. The minimum Gasteiger partial charge on any atom is -0.469 e. The molecule has 4 aromatic heterocycles. The molecule has 0 amide bonds. The minimum atomic E-state index is 0.399. The van der Waals surface area contributed by atoms with Crippen LogP contribution in [0.25, 0.3) is 12.2 Å². The van der Waals surface area contributed by atoms with Crippen LogP contribution >= 0.6 is 11.3 Å². The highest BCUT2D eigenvalue weighted by Gasteiger charge is 2.13. The fourth-order valence-corrected chi connectivity index (χ4v) is 4.20. The summed E-state index contributed by atoms with van der Waals surface area (Å²) >= 11 is 1.72. The van der Waals surface area contributed by atoms with Crippen molar-refractivity contribution in [1.29, 1.82) is 0 Å². The van der Waals surface area contributed by atoms with Crippen LogP contribution in [0.3, 0.4) is 0 Å². The molecular formula is C23H23N3OS. The molecule has 0 saturated carbocycles. The lowest BCUT2D eigenvalue weighted by Gasteiger charge is -2.15. The Bertz CT molecular complexity index is 1060. The number of nitrogens with zero attached hydrogens (tertiary/aromatic N) is 3. The van der Waals surface area contributed by atoms with E-state index < -0.39 is 0 Å². The molecule has 1 unspecified atom stereocenters. The van der Waals surface area contributed by atoms with Crippen LogP contribution < -0.4 is 0 Å². The van der Waals surface area contributed by atoms with Gasteiger partial charge in [0.25, 0.3) is 0 Å². The second kappa shape index (κ2) is 8.40. The van der Waals surface area contributed by atoms with Gasteiger partial charge in [0, 0.05) is 54.1 Å². The van der Waals surface area contributed by atoms with Gasteiger partial charge in [-0.1, -0.05) is 6.92 Å². The zero-order valence-corrected chi connectivity index (χ0v) is 16.9. The number of aryl methyl sites for hydroxylation is 1. The van der Waals surface area contributed by atoms with Gasteiger partial charge < -0.3 is 8.98 Å². The van der Waals surface area contributed by atoms with Gasteiger partial charge in [-0.15, -0.1) is 11.3 Å². The van der Waals surface area contributed by atoms with E-state index in [2.05, 4.69) is 64.5 Å². The zero-order chi connectivity index (χ0) is 19.3. The van der Waals surface area contributed by atoms with Crippen molar-refractivity contribution in [2.24, 2.45) is 0 Å². The van der Waals surface area contributed by atoms with Gasteiger partial charge in [-0.05, 0) is 55.0 Å². The molecule has 142 valence electrons. The van der Waals surface area contributed by atoms with Gasteiger partial charge in [-0.25, -0.2) is 4.98 Å². The lowest BCUT2D eigenvalue weighted by atomic mass is 10.0. The van der Waals surface area contributed by atoms with Crippen molar-refractivity contribution in [1.82, 2.24) is 14.5 Å². The van der Waals surface area contributed by atoms with Gasteiger partial charge in [0.15, 0.2) is 0 Å². The number of thiazole rings is 1. The number of hydrogen-bond acceptors (Lipinski definition) is 4. The Morgan fingerprint density at radius 3 is 2.82 bits per heavy atom. The summed E-state index contributed by atoms with van der Waals surface area (Å²) in [5.74, 6) is 1.33. The van der Waals surface area contributed by atoms with Gasteiger partial charge in [0.2, 0.25) is 0 Å². The number of pyridine rings is 1. The average Bonchev–Trinajstić information content (AvgIpc) is 3.43. The Morgan fingerprint density at radius 1 is 1.18 bits per heavy atom. The number of rotatable bonds is 7. The summed E-state index contributed by atoms with van der Waals surface area (Å²) in [7, 11) is 0. The van der Waals surface area contributed by atoms with E-state index in [1.807, 2.05) is 25.4 Å². The Morgan fingerprint density at radius 2 is 2.04 bits per heavy atom. The van der Waals surface area contributed by atoms with Crippen molar-refractivity contribution in [3.63, 3.8) is 0 Å². The Kier molecular flexibility index (Phi) is 5.53. The Balaban J connectivity index is 1.43. The van der Waals surface area contributed by atoms with E-state index >= 15 is 0 Å². The highest BCUT2D eigenvalue weighted by atomic mass is 32.1. The second-order valence-electron chi connectivity index (χ2n) is 6.95. The molecule has 0 aliphatic carbocycles. The van der Waals surface area contributed by atoms with E-state index in [4.69, 9.17) is 9.40 Å². The standard InChI is InChI=1S/C23H23N3OS/c1-17(22-4-3-12-26(22)15-19-7-10-24-11-8-19)14-23-25-21(16-28-23)6-5-20-9-13-27-18(20)2/h3-13,16-17H,14-15H2,1-2H3/b6-5+. The molecule has 1 atom stereocenters. The van der Waals surface area contributed by atoms with Gasteiger partial charge in [-0.2, -0.15) is 0 Å². The molecule has 0 spiro atoms. The highest BCUT2D eigenvalue weighted by molar-refractivity contribution is 7.09. The molecular weight excluding hydrogens is 366 g/mol. The summed E-state index contributed by atoms with van der Waals surface area (Å²) in [5.41, 5.74) is 4.69. The fraction of sp³-hybridized carbons (Fsp3) is 0.217. The van der Waals surface area contributed by atoms with Crippen LogP contribution in [0.1, 0.15) is 46.1 Å². The van der Waals surface area contributed by atoms with Crippen molar-refractivity contribution in [2.45, 2.75) is 32.7 Å². The van der Waals surface area contributed by atoms with Crippen molar-refractivity contribution < 1.29 is 4.42 Å². The third kappa shape index (κ3) is 4.31. The molecule has 0 aromatic carbocycles. The fourth-order valence-electron chi connectivity index (χ4n) is 3.31. The van der Waals surface area contributed by atoms with E-state index in [-0.39, 0.29) is 0 Å². The molecule has 28 heavy (non-hydrogen) atoms. The van der Waals surface area contributed by atoms with Crippen LogP contribution in [0.15, 0.2) is 65.0 Å². The first-order chi connectivity index (χ1) is 13.7. The van der Waals surface area contributed by atoms with Gasteiger partial charge in [0.05, 0.1) is 17.0 Å². The summed E-state index contributed by atoms with van der Waals surface area (Å²) in [6.45, 7) is 5.10. The van der Waals surface area contributed by atoms with Crippen LogP contribution in [0.4, 0.5) is 0 Å². The van der Waals surface area contributed by atoms with Gasteiger partial charge in [0.1, 0.15) is 5.76 Å². The molecule has 0 saturated heterocycles. The molecule has 4 heterocycles. The van der Waals surface area contributed by atoms with E-state index in [0.717, 1.165) is 35.0 Å². The first-order valence-corrected chi connectivity index (χ1v) is 10.3. The van der Waals surface area contributed by atoms with Gasteiger partial charge in [-0.3, -0.25) is 4.98 Å².